The van der Waals surface area contributed by atoms with Crippen molar-refractivity contribution in [2.45, 2.75) is 44.2 Å². The van der Waals surface area contributed by atoms with Gasteiger partial charge >= 0.3 is 0 Å². The van der Waals surface area contributed by atoms with Gasteiger partial charge in [-0.1, -0.05) is 12.8 Å². The first-order valence-corrected chi connectivity index (χ1v) is 7.85. The molecule has 2 rings (SSSR count). The van der Waals surface area contributed by atoms with Gasteiger partial charge in [0.2, 0.25) is 11.7 Å². The van der Waals surface area contributed by atoms with Crippen molar-refractivity contribution in [2.24, 2.45) is 5.73 Å². The average Bonchev–Trinajstić information content (AvgIpc) is 3.01. The number of nitrogens with two attached hydrogens (primary N) is 1. The Labute approximate surface area is 137 Å². The summed E-state index contributed by atoms with van der Waals surface area (Å²) >= 11 is 0. The number of hydrogen-bond donors (Lipinski definition) is 2. The number of benzene rings is 1. The van der Waals surface area contributed by atoms with Gasteiger partial charge in [-0.3, -0.25) is 4.79 Å². The van der Waals surface area contributed by atoms with E-state index in [-0.39, 0.29) is 11.9 Å². The quantitative estimate of drug-likeness (QED) is 0.838. The number of methoxy groups -OCH3 is 3. The molecule has 23 heavy (non-hydrogen) atoms. The fraction of sp³-hybridized carbons (Fsp3) is 0.588. The Hall–Kier alpha value is -1.95. The van der Waals surface area contributed by atoms with Gasteiger partial charge in [0.05, 0.1) is 32.9 Å². The monoisotopic (exact) mass is 322 g/mol. The molecule has 3 N–H and O–H groups in total. The van der Waals surface area contributed by atoms with Gasteiger partial charge in [-0.2, -0.15) is 0 Å². The van der Waals surface area contributed by atoms with Crippen molar-refractivity contribution in [3.05, 3.63) is 17.7 Å². The second-order valence-corrected chi connectivity index (χ2v) is 6.02. The van der Waals surface area contributed by atoms with Gasteiger partial charge in [-0.15, -0.1) is 0 Å². The third-order valence-corrected chi connectivity index (χ3v) is 4.48. The molecular weight excluding hydrogens is 296 g/mol. The van der Waals surface area contributed by atoms with Crippen molar-refractivity contribution in [1.29, 1.82) is 0 Å². The van der Waals surface area contributed by atoms with E-state index in [4.69, 9.17) is 19.9 Å². The summed E-state index contributed by atoms with van der Waals surface area (Å²) in [5.74, 6) is 1.55. The summed E-state index contributed by atoms with van der Waals surface area (Å²) in [5.41, 5.74) is 6.33. The molecule has 1 aliphatic carbocycles. The average molecular weight is 322 g/mol. The lowest BCUT2D eigenvalue weighted by atomic mass is 9.97. The number of carbonyl (C=O) groups excluding carboxylic acids is 1. The van der Waals surface area contributed by atoms with Crippen molar-refractivity contribution in [3.8, 4) is 17.2 Å². The number of rotatable bonds is 6. The van der Waals surface area contributed by atoms with Crippen LogP contribution in [0.1, 0.15) is 44.2 Å². The Kier molecular flexibility index (Phi) is 5.36. The van der Waals surface area contributed by atoms with E-state index in [0.717, 1.165) is 31.2 Å². The molecule has 1 atom stereocenters. The summed E-state index contributed by atoms with van der Waals surface area (Å²) < 4.78 is 16.0. The summed E-state index contributed by atoms with van der Waals surface area (Å²) in [7, 11) is 4.69. The van der Waals surface area contributed by atoms with Gasteiger partial charge in [0.1, 0.15) is 0 Å². The van der Waals surface area contributed by atoms with Gasteiger partial charge in [0.25, 0.3) is 0 Å². The van der Waals surface area contributed by atoms with Crippen LogP contribution in [0.5, 0.6) is 17.2 Å². The molecule has 1 aliphatic rings. The number of nitrogens with one attached hydrogen (secondary N) is 1. The van der Waals surface area contributed by atoms with Gasteiger partial charge < -0.3 is 25.3 Å². The van der Waals surface area contributed by atoms with E-state index >= 15 is 0 Å². The van der Waals surface area contributed by atoms with Crippen LogP contribution in [-0.2, 0) is 4.79 Å². The van der Waals surface area contributed by atoms with Crippen LogP contribution in [0, 0.1) is 0 Å². The van der Waals surface area contributed by atoms with Crippen molar-refractivity contribution in [2.75, 3.05) is 21.3 Å². The third-order valence-electron chi connectivity index (χ3n) is 4.48. The summed E-state index contributed by atoms with van der Waals surface area (Å²) in [6.07, 6.45) is 3.48. The van der Waals surface area contributed by atoms with E-state index < -0.39 is 5.54 Å². The Bertz CT molecular complexity index is 543. The smallest absolute Gasteiger partial charge is 0.240 e. The first-order valence-electron chi connectivity index (χ1n) is 7.85. The summed E-state index contributed by atoms with van der Waals surface area (Å²) in [4.78, 5) is 12.5. The standard InChI is InChI=1S/C17H26N2O4/c1-11(19-16(20)17(18)7-5-6-8-17)12-9-13(21-2)15(23-4)14(10-12)22-3/h9-11H,5-8,18H2,1-4H3,(H,19,20). The lowest BCUT2D eigenvalue weighted by molar-refractivity contribution is -0.126. The maximum absolute atomic E-state index is 12.5. The molecule has 0 aliphatic heterocycles. The van der Waals surface area contributed by atoms with Gasteiger partial charge in [-0.05, 0) is 37.5 Å². The zero-order chi connectivity index (χ0) is 17.0. The molecule has 0 aromatic heterocycles. The van der Waals surface area contributed by atoms with Crippen molar-refractivity contribution in [1.82, 2.24) is 5.32 Å². The Morgan fingerprint density at radius 3 is 2.09 bits per heavy atom. The molecule has 0 bridgehead atoms. The molecule has 1 unspecified atom stereocenters. The first-order chi connectivity index (χ1) is 10.9. The number of hydrogen-bond acceptors (Lipinski definition) is 5. The Morgan fingerprint density at radius 2 is 1.65 bits per heavy atom. The molecule has 0 radical (unpaired) electrons. The normalized spacial score (nSPS) is 17.4. The SMILES string of the molecule is COc1cc(C(C)NC(=O)C2(N)CCCC2)cc(OC)c1OC. The maximum atomic E-state index is 12.5. The topological polar surface area (TPSA) is 82.8 Å². The van der Waals surface area contributed by atoms with E-state index in [9.17, 15) is 4.79 Å². The van der Waals surface area contributed by atoms with Crippen LogP contribution in [0.3, 0.4) is 0 Å². The Morgan fingerprint density at radius 1 is 1.13 bits per heavy atom. The second-order valence-electron chi connectivity index (χ2n) is 6.02. The van der Waals surface area contributed by atoms with E-state index in [1.165, 1.54) is 0 Å². The highest BCUT2D eigenvalue weighted by Crippen LogP contribution is 2.39. The van der Waals surface area contributed by atoms with Gasteiger partial charge in [0.15, 0.2) is 11.5 Å². The van der Waals surface area contributed by atoms with Gasteiger partial charge in [-0.25, -0.2) is 0 Å². The predicted octanol–water partition coefficient (Wildman–Crippen LogP) is 2.16. The minimum Gasteiger partial charge on any atom is -0.493 e. The van der Waals surface area contributed by atoms with Crippen LogP contribution < -0.4 is 25.3 Å². The minimum absolute atomic E-state index is 0.101. The summed E-state index contributed by atoms with van der Waals surface area (Å²) in [6.45, 7) is 1.91. The molecule has 6 heteroatoms. The number of amides is 1. The van der Waals surface area contributed by atoms with Crippen LogP contribution in [0.4, 0.5) is 0 Å². The molecular formula is C17H26N2O4. The molecule has 6 nitrogen and oxygen atoms in total. The largest absolute Gasteiger partial charge is 0.493 e. The molecule has 1 saturated carbocycles. The molecule has 1 amide bonds. The van der Waals surface area contributed by atoms with E-state index in [0.29, 0.717) is 17.2 Å². The molecule has 1 aromatic carbocycles. The molecule has 0 spiro atoms. The van der Waals surface area contributed by atoms with Crippen LogP contribution in [0.25, 0.3) is 0 Å². The molecule has 0 saturated heterocycles. The lowest BCUT2D eigenvalue weighted by Gasteiger charge is -2.26. The summed E-state index contributed by atoms with van der Waals surface area (Å²) in [5, 5.41) is 3.00. The lowest BCUT2D eigenvalue weighted by Crippen LogP contribution is -2.52. The number of carbonyl (C=O) groups is 1. The van der Waals surface area contributed by atoms with E-state index in [1.54, 1.807) is 21.3 Å². The van der Waals surface area contributed by atoms with Gasteiger partial charge in [0, 0.05) is 0 Å². The number of ether oxygens (including phenoxy) is 3. The molecule has 1 fully saturated rings. The van der Waals surface area contributed by atoms with Crippen molar-refractivity contribution in [3.63, 3.8) is 0 Å². The van der Waals surface area contributed by atoms with Crippen LogP contribution in [0.2, 0.25) is 0 Å². The third kappa shape index (κ3) is 3.52. The first kappa shape index (κ1) is 17.4. The fourth-order valence-corrected chi connectivity index (χ4v) is 3.01. The molecule has 1 aromatic rings. The van der Waals surface area contributed by atoms with Crippen LogP contribution in [0.15, 0.2) is 12.1 Å². The van der Waals surface area contributed by atoms with Crippen molar-refractivity contribution < 1.29 is 19.0 Å². The van der Waals surface area contributed by atoms with Crippen molar-refractivity contribution >= 4 is 5.91 Å². The Balaban J connectivity index is 2.21. The highest BCUT2D eigenvalue weighted by molar-refractivity contribution is 5.86. The minimum atomic E-state index is -0.741. The predicted molar refractivity (Wildman–Crippen MR) is 88.0 cm³/mol. The zero-order valence-electron chi connectivity index (χ0n) is 14.3. The van der Waals surface area contributed by atoms with Crippen LogP contribution >= 0.6 is 0 Å². The molecule has 128 valence electrons. The highest BCUT2D eigenvalue weighted by Gasteiger charge is 2.37. The highest BCUT2D eigenvalue weighted by atomic mass is 16.5. The second kappa shape index (κ2) is 7.08. The zero-order valence-corrected chi connectivity index (χ0v) is 14.3. The van der Waals surface area contributed by atoms with Crippen LogP contribution in [-0.4, -0.2) is 32.8 Å². The summed E-state index contributed by atoms with van der Waals surface area (Å²) in [6, 6.07) is 3.46. The van der Waals surface area contributed by atoms with E-state index in [1.807, 2.05) is 19.1 Å². The maximum Gasteiger partial charge on any atom is 0.240 e. The fourth-order valence-electron chi connectivity index (χ4n) is 3.01. The van der Waals surface area contributed by atoms with E-state index in [2.05, 4.69) is 5.32 Å². The molecule has 0 heterocycles.